The predicted molar refractivity (Wildman–Crippen MR) is 83.9 cm³/mol. The maximum absolute atomic E-state index is 4.26. The second-order valence-electron chi connectivity index (χ2n) is 8.15. The molecule has 3 heteroatoms. The molecular weight excluding hydrogens is 264 g/mol. The van der Waals surface area contributed by atoms with E-state index in [9.17, 15) is 0 Å². The van der Waals surface area contributed by atoms with Crippen LogP contribution in [-0.4, -0.2) is 18.1 Å². The van der Waals surface area contributed by atoms with Gasteiger partial charge in [-0.25, -0.2) is 0 Å². The van der Waals surface area contributed by atoms with Gasteiger partial charge in [0, 0.05) is 17.1 Å². The first kappa shape index (κ1) is 13.3. The van der Waals surface area contributed by atoms with Gasteiger partial charge in [0.2, 0.25) is 0 Å². The van der Waals surface area contributed by atoms with E-state index in [2.05, 4.69) is 30.5 Å². The fourth-order valence-corrected chi connectivity index (χ4v) is 7.02. The highest BCUT2D eigenvalue weighted by Crippen LogP contribution is 2.66. The van der Waals surface area contributed by atoms with E-state index >= 15 is 0 Å². The maximum atomic E-state index is 4.26. The number of thiazole rings is 1. The molecule has 5 rings (SSSR count). The third-order valence-electron chi connectivity index (χ3n) is 6.38. The first-order chi connectivity index (χ1) is 9.61. The fourth-order valence-electron chi connectivity index (χ4n) is 6.37. The number of hydrogen-bond donors (Lipinski definition) is 1. The Hall–Kier alpha value is -0.410. The molecule has 4 aliphatic carbocycles. The van der Waals surface area contributed by atoms with Crippen LogP contribution >= 0.6 is 11.3 Å². The number of likely N-dealkylation sites (N-methyl/N-ethyl adjacent to an activating group) is 1. The molecule has 1 aromatic rings. The first-order valence-corrected chi connectivity index (χ1v) is 9.03. The monoisotopic (exact) mass is 290 g/mol. The minimum Gasteiger partial charge on any atom is -0.316 e. The van der Waals surface area contributed by atoms with Gasteiger partial charge in [-0.1, -0.05) is 6.92 Å². The third kappa shape index (κ3) is 2.05. The van der Waals surface area contributed by atoms with Crippen LogP contribution in [0.3, 0.4) is 0 Å². The fraction of sp³-hybridized carbons (Fsp3) is 0.824. The number of nitrogens with one attached hydrogen (secondary N) is 1. The minimum atomic E-state index is 0.567. The summed E-state index contributed by atoms with van der Waals surface area (Å²) in [6, 6.07) is 0.646. The maximum Gasteiger partial charge on any atom is 0.0794 e. The summed E-state index contributed by atoms with van der Waals surface area (Å²) in [5.41, 5.74) is 3.19. The summed E-state index contributed by atoms with van der Waals surface area (Å²) in [5, 5.41) is 3.69. The molecule has 4 fully saturated rings. The van der Waals surface area contributed by atoms with Crippen molar-refractivity contribution in [1.29, 1.82) is 0 Å². The van der Waals surface area contributed by atoms with Gasteiger partial charge in [-0.3, -0.25) is 4.98 Å². The van der Waals surface area contributed by atoms with E-state index in [1.807, 2.05) is 16.8 Å². The van der Waals surface area contributed by atoms with Gasteiger partial charge in [-0.2, -0.15) is 0 Å². The molecule has 0 amide bonds. The van der Waals surface area contributed by atoms with Gasteiger partial charge >= 0.3 is 0 Å². The third-order valence-corrected chi connectivity index (χ3v) is 7.18. The van der Waals surface area contributed by atoms with Crippen LogP contribution in [0.1, 0.15) is 50.3 Å². The zero-order valence-corrected chi connectivity index (χ0v) is 13.5. The average Bonchev–Trinajstić information content (AvgIpc) is 2.85. The minimum absolute atomic E-state index is 0.567. The van der Waals surface area contributed by atoms with Crippen LogP contribution in [0.4, 0.5) is 0 Å². The molecule has 4 aliphatic rings. The van der Waals surface area contributed by atoms with Gasteiger partial charge in [0.1, 0.15) is 0 Å². The smallest absolute Gasteiger partial charge is 0.0794 e. The Morgan fingerprint density at radius 3 is 2.65 bits per heavy atom. The molecule has 3 atom stereocenters. The lowest BCUT2D eigenvalue weighted by Gasteiger charge is -2.63. The van der Waals surface area contributed by atoms with Crippen LogP contribution in [-0.2, 0) is 6.42 Å². The van der Waals surface area contributed by atoms with Gasteiger partial charge in [0.05, 0.1) is 5.51 Å². The molecular formula is C17H26N2S. The molecule has 1 aromatic heterocycles. The van der Waals surface area contributed by atoms with Gasteiger partial charge in [-0.05, 0) is 74.7 Å². The molecule has 1 N–H and O–H groups in total. The van der Waals surface area contributed by atoms with Gasteiger partial charge in [-0.15, -0.1) is 11.3 Å². The van der Waals surface area contributed by atoms with E-state index in [0.29, 0.717) is 16.9 Å². The van der Waals surface area contributed by atoms with Crippen molar-refractivity contribution < 1.29 is 0 Å². The Balaban J connectivity index is 1.62. The Morgan fingerprint density at radius 2 is 2.10 bits per heavy atom. The summed E-state index contributed by atoms with van der Waals surface area (Å²) >= 11 is 1.82. The number of aromatic nitrogens is 1. The van der Waals surface area contributed by atoms with E-state index in [-0.39, 0.29) is 0 Å². The van der Waals surface area contributed by atoms with Crippen molar-refractivity contribution in [2.24, 2.45) is 22.7 Å². The number of nitrogens with zero attached hydrogens (tertiary/aromatic N) is 1. The first-order valence-electron chi connectivity index (χ1n) is 8.15. The zero-order valence-electron chi connectivity index (χ0n) is 12.7. The van der Waals surface area contributed by atoms with Crippen molar-refractivity contribution in [2.75, 3.05) is 7.05 Å². The van der Waals surface area contributed by atoms with Crippen molar-refractivity contribution in [3.05, 3.63) is 16.6 Å². The van der Waals surface area contributed by atoms with Gasteiger partial charge < -0.3 is 5.32 Å². The van der Waals surface area contributed by atoms with Gasteiger partial charge in [0.25, 0.3) is 0 Å². The standard InChI is InChI=1S/C17H26N2S/c1-16-5-12-3-13(6-16)8-17(7-12,10-16)15(18-2)4-14-9-19-11-20-14/h9,11-13,15,18H,3-8,10H2,1-2H3. The summed E-state index contributed by atoms with van der Waals surface area (Å²) in [5.74, 6) is 2.03. The summed E-state index contributed by atoms with van der Waals surface area (Å²) in [4.78, 5) is 5.71. The molecule has 3 unspecified atom stereocenters. The second kappa shape index (κ2) is 4.54. The Kier molecular flexibility index (Phi) is 3.01. The Morgan fingerprint density at radius 1 is 1.35 bits per heavy atom. The summed E-state index contributed by atoms with van der Waals surface area (Å²) < 4.78 is 0. The van der Waals surface area contributed by atoms with E-state index < -0.39 is 0 Å². The molecule has 0 spiro atoms. The molecule has 20 heavy (non-hydrogen) atoms. The topological polar surface area (TPSA) is 24.9 Å². The highest BCUT2D eigenvalue weighted by molar-refractivity contribution is 7.09. The molecule has 4 bridgehead atoms. The zero-order chi connectivity index (χ0) is 13.8. The van der Waals surface area contributed by atoms with E-state index in [1.54, 1.807) is 0 Å². The highest BCUT2D eigenvalue weighted by Gasteiger charge is 2.57. The normalized spacial score (nSPS) is 43.9. The Labute approximate surface area is 126 Å². The predicted octanol–water partition coefficient (Wildman–Crippen LogP) is 3.88. The quantitative estimate of drug-likeness (QED) is 0.910. The molecule has 4 saturated carbocycles. The lowest BCUT2D eigenvalue weighted by Crippen LogP contribution is -2.58. The average molecular weight is 290 g/mol. The highest BCUT2D eigenvalue weighted by atomic mass is 32.1. The van der Waals surface area contributed by atoms with Crippen LogP contribution in [0.5, 0.6) is 0 Å². The largest absolute Gasteiger partial charge is 0.316 e. The molecule has 0 saturated heterocycles. The van der Waals surface area contributed by atoms with Gasteiger partial charge in [0.15, 0.2) is 0 Å². The molecule has 0 aromatic carbocycles. The molecule has 2 nitrogen and oxygen atoms in total. The van der Waals surface area contributed by atoms with Crippen molar-refractivity contribution in [1.82, 2.24) is 10.3 Å². The SMILES string of the molecule is CNC(Cc1cncs1)C12CC3CC(CC(C)(C3)C1)C2. The molecule has 110 valence electrons. The molecule has 0 aliphatic heterocycles. The van der Waals surface area contributed by atoms with Crippen LogP contribution in [0.25, 0.3) is 0 Å². The molecule has 1 heterocycles. The van der Waals surface area contributed by atoms with Crippen molar-refractivity contribution in [3.8, 4) is 0 Å². The summed E-state index contributed by atoms with van der Waals surface area (Å²) in [6.07, 6.45) is 12.2. The lowest BCUT2D eigenvalue weighted by atomic mass is 9.43. The second-order valence-corrected chi connectivity index (χ2v) is 9.12. The number of rotatable bonds is 4. The lowest BCUT2D eigenvalue weighted by molar-refractivity contribution is -0.117. The van der Waals surface area contributed by atoms with Crippen LogP contribution in [0.2, 0.25) is 0 Å². The van der Waals surface area contributed by atoms with E-state index in [4.69, 9.17) is 0 Å². The summed E-state index contributed by atoms with van der Waals surface area (Å²) in [7, 11) is 2.17. The molecule has 0 radical (unpaired) electrons. The van der Waals surface area contributed by atoms with Crippen molar-refractivity contribution >= 4 is 11.3 Å². The van der Waals surface area contributed by atoms with Crippen LogP contribution < -0.4 is 5.32 Å². The van der Waals surface area contributed by atoms with Crippen molar-refractivity contribution in [2.45, 2.75) is 57.9 Å². The van der Waals surface area contributed by atoms with Crippen LogP contribution in [0, 0.1) is 22.7 Å². The Bertz CT molecular complexity index is 467. The van der Waals surface area contributed by atoms with E-state index in [0.717, 1.165) is 11.8 Å². The van der Waals surface area contributed by atoms with Crippen LogP contribution in [0.15, 0.2) is 11.7 Å². The van der Waals surface area contributed by atoms with Crippen molar-refractivity contribution in [3.63, 3.8) is 0 Å². The summed E-state index contributed by atoms with van der Waals surface area (Å²) in [6.45, 7) is 2.57. The van der Waals surface area contributed by atoms with E-state index in [1.165, 1.54) is 49.8 Å². The number of hydrogen-bond acceptors (Lipinski definition) is 3.